The minimum atomic E-state index is -0.416. The highest BCUT2D eigenvalue weighted by molar-refractivity contribution is 6.05. The van der Waals surface area contributed by atoms with Crippen LogP contribution in [-0.2, 0) is 4.74 Å². The molecule has 192 valence electrons. The van der Waals surface area contributed by atoms with Crippen LogP contribution in [0, 0.1) is 5.92 Å². The molecule has 0 heterocycles. The number of unbranched alkanes of at least 4 members (excludes halogenated alkanes) is 9. The number of amides is 1. The number of hydrogen-bond acceptors (Lipinski definition) is 3. The van der Waals surface area contributed by atoms with Crippen molar-refractivity contribution in [3.8, 4) is 0 Å². The zero-order valence-corrected chi connectivity index (χ0v) is 22.3. The van der Waals surface area contributed by atoms with Gasteiger partial charge in [-0.1, -0.05) is 95.4 Å². The molecule has 1 amide bonds. The molecule has 0 radical (unpaired) electrons. The number of esters is 1. The molecular weight excluding hydrogens is 422 g/mol. The summed E-state index contributed by atoms with van der Waals surface area (Å²) in [5.41, 5.74) is 2.08. The Bertz CT molecular complexity index is 722. The van der Waals surface area contributed by atoms with Crippen molar-refractivity contribution < 1.29 is 14.3 Å². The van der Waals surface area contributed by atoms with Crippen LogP contribution >= 0.6 is 0 Å². The fourth-order valence-electron chi connectivity index (χ4n) is 4.00. The van der Waals surface area contributed by atoms with Crippen LogP contribution in [0.5, 0.6) is 0 Å². The molecule has 34 heavy (non-hydrogen) atoms. The SMILES string of the molecule is CCCCCCCCCCCCNC(=O)c1ccccc1C(=O)OCCC(C)CCC=C(C)C. The Morgan fingerprint density at radius 1 is 0.882 bits per heavy atom. The van der Waals surface area contributed by atoms with Crippen molar-refractivity contribution in [2.75, 3.05) is 13.2 Å². The van der Waals surface area contributed by atoms with E-state index in [4.69, 9.17) is 4.74 Å². The van der Waals surface area contributed by atoms with Crippen LogP contribution in [0.25, 0.3) is 0 Å². The molecule has 1 rings (SSSR count). The fraction of sp³-hybridized carbons (Fsp3) is 0.667. The summed E-state index contributed by atoms with van der Waals surface area (Å²) < 4.78 is 5.49. The molecule has 0 saturated carbocycles. The molecule has 1 unspecified atom stereocenters. The van der Waals surface area contributed by atoms with Gasteiger partial charge in [0.25, 0.3) is 5.91 Å². The number of nitrogens with one attached hydrogen (secondary N) is 1. The van der Waals surface area contributed by atoms with E-state index in [0.717, 1.165) is 32.1 Å². The van der Waals surface area contributed by atoms with E-state index in [1.165, 1.54) is 56.9 Å². The van der Waals surface area contributed by atoms with E-state index in [1.807, 2.05) is 0 Å². The van der Waals surface area contributed by atoms with Gasteiger partial charge in [0, 0.05) is 6.54 Å². The maximum Gasteiger partial charge on any atom is 0.338 e. The number of ether oxygens (including phenoxy) is 1. The van der Waals surface area contributed by atoms with E-state index >= 15 is 0 Å². The molecule has 4 nitrogen and oxygen atoms in total. The second kappa shape index (κ2) is 19.2. The van der Waals surface area contributed by atoms with E-state index in [2.05, 4.69) is 39.1 Å². The van der Waals surface area contributed by atoms with Crippen molar-refractivity contribution in [2.45, 2.75) is 111 Å². The number of benzene rings is 1. The standard InChI is InChI=1S/C30H49NO3/c1-5-6-7-8-9-10-11-12-13-16-23-31-29(32)27-20-14-15-21-28(27)30(33)34-24-22-26(4)19-17-18-25(2)3/h14-15,18,20-21,26H,5-13,16-17,19,22-24H2,1-4H3,(H,31,32). The lowest BCUT2D eigenvalue weighted by Crippen LogP contribution is -2.26. The molecule has 0 aromatic heterocycles. The maximum atomic E-state index is 12.7. The molecule has 1 aromatic rings. The highest BCUT2D eigenvalue weighted by Crippen LogP contribution is 2.15. The molecule has 0 aliphatic carbocycles. The molecule has 0 bridgehead atoms. The number of allylic oxidation sites excluding steroid dienone is 2. The molecule has 0 saturated heterocycles. The Balaban J connectivity index is 2.29. The van der Waals surface area contributed by atoms with Crippen molar-refractivity contribution in [1.29, 1.82) is 0 Å². The molecule has 0 aliphatic rings. The van der Waals surface area contributed by atoms with E-state index < -0.39 is 5.97 Å². The van der Waals surface area contributed by atoms with Gasteiger partial charge in [-0.2, -0.15) is 0 Å². The summed E-state index contributed by atoms with van der Waals surface area (Å²) in [6, 6.07) is 6.94. The Morgan fingerprint density at radius 3 is 2.09 bits per heavy atom. The van der Waals surface area contributed by atoms with Crippen molar-refractivity contribution in [2.24, 2.45) is 5.92 Å². The zero-order valence-electron chi connectivity index (χ0n) is 22.3. The van der Waals surface area contributed by atoms with Gasteiger partial charge < -0.3 is 10.1 Å². The predicted octanol–water partition coefficient (Wildman–Crippen LogP) is 8.27. The average molecular weight is 472 g/mol. The Kier molecular flexibility index (Phi) is 16.9. The van der Waals surface area contributed by atoms with Gasteiger partial charge in [0.2, 0.25) is 0 Å². The van der Waals surface area contributed by atoms with Crippen LogP contribution in [0.15, 0.2) is 35.9 Å². The van der Waals surface area contributed by atoms with Crippen molar-refractivity contribution in [3.63, 3.8) is 0 Å². The van der Waals surface area contributed by atoms with Crippen LogP contribution in [-0.4, -0.2) is 25.0 Å². The summed E-state index contributed by atoms with van der Waals surface area (Å²) in [6.45, 7) is 9.67. The summed E-state index contributed by atoms with van der Waals surface area (Å²) in [7, 11) is 0. The van der Waals surface area contributed by atoms with Crippen LogP contribution in [0.2, 0.25) is 0 Å². The van der Waals surface area contributed by atoms with Gasteiger partial charge >= 0.3 is 5.97 Å². The first-order valence-electron chi connectivity index (χ1n) is 13.6. The van der Waals surface area contributed by atoms with E-state index in [9.17, 15) is 9.59 Å². The number of hydrogen-bond donors (Lipinski definition) is 1. The number of carbonyl (C=O) groups is 2. The average Bonchev–Trinajstić information content (AvgIpc) is 2.82. The lowest BCUT2D eigenvalue weighted by molar-refractivity contribution is 0.0480. The van der Waals surface area contributed by atoms with E-state index in [1.54, 1.807) is 24.3 Å². The first kappa shape index (κ1) is 29.9. The summed E-state index contributed by atoms with van der Waals surface area (Å²) in [5.74, 6) is -0.122. The van der Waals surface area contributed by atoms with Gasteiger partial charge in [0.05, 0.1) is 17.7 Å². The Hall–Kier alpha value is -2.10. The summed E-state index contributed by atoms with van der Waals surface area (Å²) in [4.78, 5) is 25.3. The monoisotopic (exact) mass is 471 g/mol. The van der Waals surface area contributed by atoms with Gasteiger partial charge in [0.1, 0.15) is 0 Å². The Labute approximate surface area is 208 Å². The van der Waals surface area contributed by atoms with Gasteiger partial charge in [-0.05, 0) is 57.6 Å². The van der Waals surface area contributed by atoms with E-state index in [-0.39, 0.29) is 5.91 Å². The minimum Gasteiger partial charge on any atom is -0.462 e. The molecule has 0 aliphatic heterocycles. The highest BCUT2D eigenvalue weighted by atomic mass is 16.5. The van der Waals surface area contributed by atoms with Crippen LogP contribution < -0.4 is 5.32 Å². The summed E-state index contributed by atoms with van der Waals surface area (Å²) in [6.07, 6.45) is 17.9. The van der Waals surface area contributed by atoms with Gasteiger partial charge in [-0.3, -0.25) is 4.79 Å². The quantitative estimate of drug-likeness (QED) is 0.125. The second-order valence-corrected chi connectivity index (χ2v) is 9.87. The third-order valence-electron chi connectivity index (χ3n) is 6.26. The van der Waals surface area contributed by atoms with Gasteiger partial charge in [-0.25, -0.2) is 4.79 Å². The predicted molar refractivity (Wildman–Crippen MR) is 143 cm³/mol. The lowest BCUT2D eigenvalue weighted by atomic mass is 10.0. The number of rotatable bonds is 19. The molecule has 0 spiro atoms. The largest absolute Gasteiger partial charge is 0.462 e. The minimum absolute atomic E-state index is 0.196. The molecule has 1 N–H and O–H groups in total. The van der Waals surface area contributed by atoms with Crippen molar-refractivity contribution >= 4 is 11.9 Å². The molecular formula is C30H49NO3. The van der Waals surface area contributed by atoms with Crippen LogP contribution in [0.3, 0.4) is 0 Å². The first-order valence-corrected chi connectivity index (χ1v) is 13.6. The van der Waals surface area contributed by atoms with Crippen LogP contribution in [0.4, 0.5) is 0 Å². The van der Waals surface area contributed by atoms with Crippen molar-refractivity contribution in [1.82, 2.24) is 5.32 Å². The van der Waals surface area contributed by atoms with Gasteiger partial charge in [-0.15, -0.1) is 0 Å². The molecule has 1 aromatic carbocycles. The van der Waals surface area contributed by atoms with Crippen LogP contribution in [0.1, 0.15) is 132 Å². The Morgan fingerprint density at radius 2 is 1.47 bits per heavy atom. The third-order valence-corrected chi connectivity index (χ3v) is 6.26. The normalized spacial score (nSPS) is 11.6. The van der Waals surface area contributed by atoms with Crippen molar-refractivity contribution in [3.05, 3.63) is 47.0 Å². The van der Waals surface area contributed by atoms with E-state index in [0.29, 0.717) is 30.2 Å². The second-order valence-electron chi connectivity index (χ2n) is 9.87. The van der Waals surface area contributed by atoms with Gasteiger partial charge in [0.15, 0.2) is 0 Å². The molecule has 0 fully saturated rings. The highest BCUT2D eigenvalue weighted by Gasteiger charge is 2.17. The topological polar surface area (TPSA) is 55.4 Å². The molecule has 4 heteroatoms. The third kappa shape index (κ3) is 14.2. The summed E-state index contributed by atoms with van der Waals surface area (Å²) >= 11 is 0. The number of carbonyl (C=O) groups excluding carboxylic acids is 2. The lowest BCUT2D eigenvalue weighted by Gasteiger charge is -2.12. The smallest absolute Gasteiger partial charge is 0.338 e. The fourth-order valence-corrected chi connectivity index (χ4v) is 4.00. The maximum absolute atomic E-state index is 12.7. The first-order chi connectivity index (χ1) is 16.5. The summed E-state index contributed by atoms with van der Waals surface area (Å²) in [5, 5.41) is 2.97. The molecule has 1 atom stereocenters. The zero-order chi connectivity index (χ0) is 25.0.